The second-order valence-electron chi connectivity index (χ2n) is 6.13. The summed E-state index contributed by atoms with van der Waals surface area (Å²) in [7, 11) is 0. The largest absolute Gasteiger partial charge is 0.381 e. The summed E-state index contributed by atoms with van der Waals surface area (Å²) in [6.45, 7) is 3.50. The third-order valence-corrected chi connectivity index (χ3v) is 5.62. The number of hydrogen-bond acceptors (Lipinski definition) is 3. The lowest BCUT2D eigenvalue weighted by Crippen LogP contribution is -2.47. The molecule has 4 heteroatoms. The van der Waals surface area contributed by atoms with E-state index in [0.717, 1.165) is 51.3 Å². The fourth-order valence-electron chi connectivity index (χ4n) is 3.24. The van der Waals surface area contributed by atoms with Gasteiger partial charge >= 0.3 is 0 Å². The fourth-order valence-corrected chi connectivity index (χ4v) is 4.10. The maximum absolute atomic E-state index is 12.1. The summed E-state index contributed by atoms with van der Waals surface area (Å²) in [5.41, 5.74) is 0.264. The van der Waals surface area contributed by atoms with Gasteiger partial charge in [-0.2, -0.15) is 0 Å². The van der Waals surface area contributed by atoms with Crippen LogP contribution in [0.2, 0.25) is 0 Å². The highest BCUT2D eigenvalue weighted by molar-refractivity contribution is 7.99. The number of nitrogens with zero attached hydrogens (tertiary/aromatic N) is 1. The van der Waals surface area contributed by atoms with Crippen LogP contribution in [0, 0.1) is 5.41 Å². The quantitative estimate of drug-likeness (QED) is 0.618. The Kier molecular flexibility index (Phi) is 4.86. The van der Waals surface area contributed by atoms with Gasteiger partial charge in [0.05, 0.1) is 6.61 Å². The zero-order valence-corrected chi connectivity index (χ0v) is 13.2. The molecule has 0 radical (unpaired) electrons. The molecule has 0 unspecified atom stereocenters. The van der Waals surface area contributed by atoms with Crippen LogP contribution in [0.3, 0.4) is 0 Å². The summed E-state index contributed by atoms with van der Waals surface area (Å²) in [5.74, 6) is 1.40. The second-order valence-corrected chi connectivity index (χ2v) is 7.30. The predicted octanol–water partition coefficient (Wildman–Crippen LogP) is 3.20. The molecule has 2 fully saturated rings. The average molecular weight is 305 g/mol. The van der Waals surface area contributed by atoms with E-state index in [0.29, 0.717) is 12.3 Å². The van der Waals surface area contributed by atoms with Crippen LogP contribution in [0.5, 0.6) is 0 Å². The molecule has 0 bridgehead atoms. The van der Waals surface area contributed by atoms with Gasteiger partial charge < -0.3 is 9.64 Å². The van der Waals surface area contributed by atoms with E-state index in [1.165, 1.54) is 4.90 Å². The molecular formula is C17H23NO2S. The topological polar surface area (TPSA) is 29.5 Å². The molecule has 2 saturated heterocycles. The molecule has 3 rings (SSSR count). The number of ether oxygens (including phenoxy) is 1. The molecule has 114 valence electrons. The van der Waals surface area contributed by atoms with Crippen molar-refractivity contribution in [3.8, 4) is 0 Å². The molecule has 2 aliphatic rings. The van der Waals surface area contributed by atoms with Gasteiger partial charge in [-0.15, -0.1) is 11.8 Å². The third-order valence-electron chi connectivity index (χ3n) is 4.52. The molecule has 0 aromatic heterocycles. The zero-order chi connectivity index (χ0) is 14.5. The number of carbonyl (C=O) groups is 1. The summed E-state index contributed by atoms with van der Waals surface area (Å²) >= 11 is 1.87. The van der Waals surface area contributed by atoms with Crippen molar-refractivity contribution < 1.29 is 9.53 Å². The molecule has 3 nitrogen and oxygen atoms in total. The highest BCUT2D eigenvalue weighted by atomic mass is 32.2. The Morgan fingerprint density at radius 3 is 2.86 bits per heavy atom. The molecular weight excluding hydrogens is 282 g/mol. The lowest BCUT2D eigenvalue weighted by Gasteiger charge is -2.39. The summed E-state index contributed by atoms with van der Waals surface area (Å²) in [5, 5.41) is 0. The third kappa shape index (κ3) is 3.80. The molecule has 1 aromatic carbocycles. The first kappa shape index (κ1) is 14.9. The van der Waals surface area contributed by atoms with Crippen LogP contribution >= 0.6 is 11.8 Å². The Balaban J connectivity index is 1.44. The first-order chi connectivity index (χ1) is 10.3. The molecule has 2 aliphatic heterocycles. The van der Waals surface area contributed by atoms with E-state index < -0.39 is 0 Å². The minimum atomic E-state index is 0.264. The van der Waals surface area contributed by atoms with E-state index in [1.807, 2.05) is 17.8 Å². The molecule has 1 atom stereocenters. The van der Waals surface area contributed by atoms with Gasteiger partial charge in [0.1, 0.15) is 0 Å². The Morgan fingerprint density at radius 1 is 1.24 bits per heavy atom. The molecule has 0 aliphatic carbocycles. The van der Waals surface area contributed by atoms with Crippen LogP contribution in [0.1, 0.15) is 25.7 Å². The van der Waals surface area contributed by atoms with E-state index in [9.17, 15) is 4.79 Å². The van der Waals surface area contributed by atoms with Crippen LogP contribution in [0.25, 0.3) is 0 Å². The summed E-state index contributed by atoms with van der Waals surface area (Å²) < 4.78 is 5.56. The average Bonchev–Trinajstić information content (AvgIpc) is 2.97. The van der Waals surface area contributed by atoms with Crippen LogP contribution in [0.4, 0.5) is 0 Å². The standard InChI is InChI=1S/C17H23NO2S/c19-16-7-8-17(9-11-20-14-17)13-18(16)10-4-12-21-15-5-2-1-3-6-15/h1-3,5-6H,4,7-14H2/t17-/m0/s1. The Bertz CT molecular complexity index is 471. The summed E-state index contributed by atoms with van der Waals surface area (Å²) in [6, 6.07) is 10.5. The number of amides is 1. The second kappa shape index (κ2) is 6.84. The SMILES string of the molecule is O=C1CC[C@]2(CCOC2)CN1CCCSc1ccccc1. The smallest absolute Gasteiger partial charge is 0.222 e. The number of carbonyl (C=O) groups excluding carboxylic acids is 1. The molecule has 1 amide bonds. The zero-order valence-electron chi connectivity index (χ0n) is 12.4. The molecule has 1 aromatic rings. The first-order valence-electron chi connectivity index (χ1n) is 7.81. The normalized spacial score (nSPS) is 25.7. The number of benzene rings is 1. The van der Waals surface area contributed by atoms with Crippen molar-refractivity contribution in [1.82, 2.24) is 4.90 Å². The van der Waals surface area contributed by atoms with Gasteiger partial charge in [0, 0.05) is 36.4 Å². The monoisotopic (exact) mass is 305 g/mol. The van der Waals surface area contributed by atoms with Gasteiger partial charge in [-0.3, -0.25) is 4.79 Å². The Hall–Kier alpha value is -1.00. The molecule has 21 heavy (non-hydrogen) atoms. The number of rotatable bonds is 5. The van der Waals surface area contributed by atoms with Gasteiger partial charge in [0.25, 0.3) is 0 Å². The maximum atomic E-state index is 12.1. The van der Waals surface area contributed by atoms with Crippen molar-refractivity contribution >= 4 is 17.7 Å². The van der Waals surface area contributed by atoms with Crippen molar-refractivity contribution in [2.45, 2.75) is 30.6 Å². The number of piperidine rings is 1. The highest BCUT2D eigenvalue weighted by Gasteiger charge is 2.41. The molecule has 1 spiro atoms. The van der Waals surface area contributed by atoms with Gasteiger partial charge in [-0.1, -0.05) is 18.2 Å². The van der Waals surface area contributed by atoms with E-state index in [2.05, 4.69) is 29.2 Å². The fraction of sp³-hybridized carbons (Fsp3) is 0.588. The molecule has 0 saturated carbocycles. The van der Waals surface area contributed by atoms with E-state index in [1.54, 1.807) is 0 Å². The van der Waals surface area contributed by atoms with E-state index >= 15 is 0 Å². The van der Waals surface area contributed by atoms with Crippen molar-refractivity contribution in [3.05, 3.63) is 30.3 Å². The lowest BCUT2D eigenvalue weighted by molar-refractivity contribution is -0.137. The highest BCUT2D eigenvalue weighted by Crippen LogP contribution is 2.38. The number of thioether (sulfide) groups is 1. The van der Waals surface area contributed by atoms with Crippen molar-refractivity contribution in [1.29, 1.82) is 0 Å². The Morgan fingerprint density at radius 2 is 2.10 bits per heavy atom. The predicted molar refractivity (Wildman–Crippen MR) is 85.5 cm³/mol. The van der Waals surface area contributed by atoms with E-state index in [-0.39, 0.29) is 5.41 Å². The van der Waals surface area contributed by atoms with Crippen molar-refractivity contribution in [3.63, 3.8) is 0 Å². The van der Waals surface area contributed by atoms with Gasteiger partial charge in [0.15, 0.2) is 0 Å². The van der Waals surface area contributed by atoms with Crippen LogP contribution in [-0.2, 0) is 9.53 Å². The maximum Gasteiger partial charge on any atom is 0.222 e. The van der Waals surface area contributed by atoms with Gasteiger partial charge in [0.2, 0.25) is 5.91 Å². The van der Waals surface area contributed by atoms with Crippen LogP contribution in [0.15, 0.2) is 35.2 Å². The van der Waals surface area contributed by atoms with Gasteiger partial charge in [-0.05, 0) is 37.1 Å². The Labute approximate surface area is 131 Å². The molecule has 2 heterocycles. The minimum absolute atomic E-state index is 0.264. The van der Waals surface area contributed by atoms with Crippen molar-refractivity contribution in [2.24, 2.45) is 5.41 Å². The van der Waals surface area contributed by atoms with E-state index in [4.69, 9.17) is 4.74 Å². The first-order valence-corrected chi connectivity index (χ1v) is 8.79. The van der Waals surface area contributed by atoms with Gasteiger partial charge in [-0.25, -0.2) is 0 Å². The lowest BCUT2D eigenvalue weighted by atomic mass is 9.79. The minimum Gasteiger partial charge on any atom is -0.381 e. The van der Waals surface area contributed by atoms with Crippen LogP contribution in [-0.4, -0.2) is 42.9 Å². The van der Waals surface area contributed by atoms with Crippen molar-refractivity contribution in [2.75, 3.05) is 32.1 Å². The summed E-state index contributed by atoms with van der Waals surface area (Å²) in [4.78, 5) is 15.5. The summed E-state index contributed by atoms with van der Waals surface area (Å²) in [6.07, 6.45) is 3.90. The van der Waals surface area contributed by atoms with Crippen LogP contribution < -0.4 is 0 Å². The molecule has 0 N–H and O–H groups in total. The number of likely N-dealkylation sites (tertiary alicyclic amines) is 1. The number of hydrogen-bond donors (Lipinski definition) is 0.